The molecule has 1 fully saturated rings. The lowest BCUT2D eigenvalue weighted by atomic mass is 9.93. The minimum Gasteiger partial charge on any atom is -0.444 e. The van der Waals surface area contributed by atoms with Gasteiger partial charge in [-0.25, -0.2) is 4.79 Å². The molecule has 1 aliphatic heterocycles. The number of hydrazine groups is 1. The van der Waals surface area contributed by atoms with Gasteiger partial charge in [-0.2, -0.15) is 22.9 Å². The molecule has 0 aliphatic carbocycles. The average Bonchev–Trinajstić information content (AvgIpc) is 2.93. The molecule has 178 valence electrons. The minimum atomic E-state index is -0.475. The van der Waals surface area contributed by atoms with Crippen LogP contribution in [0.5, 0.6) is 5.88 Å². The largest absolute Gasteiger partial charge is 0.444 e. The number of anilines is 1. The highest BCUT2D eigenvalue weighted by Crippen LogP contribution is 2.36. The Morgan fingerprint density at radius 2 is 2.03 bits per heavy atom. The Morgan fingerprint density at radius 3 is 2.65 bits per heavy atom. The highest BCUT2D eigenvalue weighted by atomic mass is 32.2. The number of amides is 1. The van der Waals surface area contributed by atoms with Gasteiger partial charge in [-0.15, -0.1) is 0 Å². The van der Waals surface area contributed by atoms with Crippen molar-refractivity contribution < 1.29 is 13.7 Å². The lowest BCUT2D eigenvalue weighted by Gasteiger charge is -2.33. The van der Waals surface area contributed by atoms with Gasteiger partial charge in [0.25, 0.3) is 0 Å². The van der Waals surface area contributed by atoms with Crippen molar-refractivity contribution in [3.05, 3.63) is 18.2 Å². The van der Waals surface area contributed by atoms with E-state index in [4.69, 9.17) is 14.8 Å². The predicted octanol–water partition coefficient (Wildman–Crippen LogP) is 4.19. The number of nitrogens with zero attached hydrogens (tertiary/aromatic N) is 4. The van der Waals surface area contributed by atoms with Crippen molar-refractivity contribution in [3.63, 3.8) is 0 Å². The molecule has 0 spiro atoms. The van der Waals surface area contributed by atoms with Crippen LogP contribution in [0.1, 0.15) is 53.9 Å². The quantitative estimate of drug-likeness (QED) is 0.260. The summed E-state index contributed by atoms with van der Waals surface area (Å²) in [6, 6.07) is 5.69. The van der Waals surface area contributed by atoms with Gasteiger partial charge in [0.05, 0.1) is 0 Å². The summed E-state index contributed by atoms with van der Waals surface area (Å²) in [5, 5.41) is 0. The summed E-state index contributed by atoms with van der Waals surface area (Å²) in [7, 11) is 3.73. The van der Waals surface area contributed by atoms with Crippen LogP contribution in [-0.2, 0) is 4.74 Å². The topological polar surface area (TPSA) is 84.2 Å². The van der Waals surface area contributed by atoms with Gasteiger partial charge in [0.1, 0.15) is 11.4 Å². The van der Waals surface area contributed by atoms with Crippen molar-refractivity contribution in [1.29, 1.82) is 0 Å². The summed E-state index contributed by atoms with van der Waals surface area (Å²) < 4.78 is 12.4. The molecule has 0 aromatic carbocycles. The van der Waals surface area contributed by atoms with Crippen LogP contribution >= 0.6 is 25.7 Å². The fourth-order valence-electron chi connectivity index (χ4n) is 3.71. The van der Waals surface area contributed by atoms with E-state index in [1.807, 2.05) is 44.9 Å². The van der Waals surface area contributed by atoms with Crippen molar-refractivity contribution in [2.75, 3.05) is 32.1 Å². The first-order valence-corrected chi connectivity index (χ1v) is 11.1. The zero-order chi connectivity index (χ0) is 22.5. The molecule has 1 aliphatic rings. The van der Waals surface area contributed by atoms with Crippen molar-refractivity contribution in [3.8, 4) is 5.88 Å². The van der Waals surface area contributed by atoms with Crippen molar-refractivity contribution >= 4 is 37.6 Å². The van der Waals surface area contributed by atoms with E-state index < -0.39 is 5.60 Å². The number of ether oxygens (including phenoxy) is 1. The maximum atomic E-state index is 12.6. The second-order valence-corrected chi connectivity index (χ2v) is 10.5. The molecule has 2 heterocycles. The maximum absolute atomic E-state index is 12.6. The third kappa shape index (κ3) is 8.96. The molecular formula is C21H39N5O3S2. The van der Waals surface area contributed by atoms with Crippen LogP contribution in [0.3, 0.4) is 0 Å². The van der Waals surface area contributed by atoms with Gasteiger partial charge in [-0.1, -0.05) is 6.07 Å². The summed E-state index contributed by atoms with van der Waals surface area (Å²) in [5.41, 5.74) is -0.656. The molecule has 8 nitrogen and oxygen atoms in total. The summed E-state index contributed by atoms with van der Waals surface area (Å²) in [5.74, 6) is 7.39. The summed E-state index contributed by atoms with van der Waals surface area (Å²) >= 11 is 1.03. The summed E-state index contributed by atoms with van der Waals surface area (Å²) in [6.45, 7) is 11.6. The molecule has 31 heavy (non-hydrogen) atoms. The highest BCUT2D eigenvalue weighted by Gasteiger charge is 2.42. The number of nitrogens with two attached hydrogens (primary N) is 1. The molecular weight excluding hydrogens is 434 g/mol. The smallest absolute Gasteiger partial charge is 0.410 e. The number of hydrogen-bond donors (Lipinski definition) is 1. The van der Waals surface area contributed by atoms with Gasteiger partial charge < -0.3 is 18.7 Å². The van der Waals surface area contributed by atoms with E-state index in [9.17, 15) is 4.79 Å². The predicted molar refractivity (Wildman–Crippen MR) is 132 cm³/mol. The van der Waals surface area contributed by atoms with E-state index >= 15 is 0 Å². The summed E-state index contributed by atoms with van der Waals surface area (Å²) in [4.78, 5) is 21.1. The Labute approximate surface area is 198 Å². The lowest BCUT2D eigenvalue weighted by molar-refractivity contribution is 0.0131. The second-order valence-electron chi connectivity index (χ2n) is 9.58. The van der Waals surface area contributed by atoms with Crippen LogP contribution in [0.25, 0.3) is 0 Å². The van der Waals surface area contributed by atoms with E-state index in [0.29, 0.717) is 11.8 Å². The normalized spacial score (nSPS) is 18.0. The Hall–Kier alpha value is -1.36. The minimum absolute atomic E-state index is 0. The van der Waals surface area contributed by atoms with Crippen molar-refractivity contribution in [2.24, 2.45) is 11.8 Å². The van der Waals surface area contributed by atoms with Crippen LogP contribution in [0.2, 0.25) is 0 Å². The molecule has 1 aromatic heterocycles. The first kappa shape index (κ1) is 27.7. The van der Waals surface area contributed by atoms with Crippen LogP contribution in [0, 0.1) is 5.92 Å². The number of carbonyl (C=O) groups is 1. The maximum Gasteiger partial charge on any atom is 0.410 e. The number of carbonyl (C=O) groups excluding carboxylic acids is 1. The Kier molecular flexibility index (Phi) is 10.3. The van der Waals surface area contributed by atoms with Crippen LogP contribution < -0.4 is 14.9 Å². The van der Waals surface area contributed by atoms with E-state index in [-0.39, 0.29) is 25.1 Å². The third-order valence-corrected chi connectivity index (χ3v) is 5.50. The van der Waals surface area contributed by atoms with Crippen LogP contribution in [0.15, 0.2) is 18.2 Å². The van der Waals surface area contributed by atoms with Gasteiger partial charge in [0.15, 0.2) is 12.2 Å². The van der Waals surface area contributed by atoms with Crippen LogP contribution in [0.4, 0.5) is 10.6 Å². The molecule has 1 aromatic rings. The van der Waals surface area contributed by atoms with Crippen molar-refractivity contribution in [1.82, 2.24) is 14.3 Å². The molecule has 1 atom stereocenters. The van der Waals surface area contributed by atoms with Gasteiger partial charge in [-0.05, 0) is 65.9 Å². The number of pyridine rings is 1. The van der Waals surface area contributed by atoms with Gasteiger partial charge in [0, 0.05) is 38.8 Å². The molecule has 1 unspecified atom stereocenters. The first-order chi connectivity index (χ1) is 13.9. The third-order valence-electron chi connectivity index (χ3n) is 5.02. The van der Waals surface area contributed by atoms with Gasteiger partial charge in [0.2, 0.25) is 5.88 Å². The molecule has 2 N–H and O–H groups in total. The van der Waals surface area contributed by atoms with E-state index in [0.717, 1.165) is 50.4 Å². The first-order valence-electron chi connectivity index (χ1n) is 10.4. The Bertz CT molecular complexity index is 713. The number of hydrogen-bond acceptors (Lipinski definition) is 8. The Morgan fingerprint density at radius 1 is 1.35 bits per heavy atom. The van der Waals surface area contributed by atoms with E-state index in [1.54, 1.807) is 13.1 Å². The molecule has 2 rings (SSSR count). The highest BCUT2D eigenvalue weighted by molar-refractivity contribution is 7.92. The summed E-state index contributed by atoms with van der Waals surface area (Å²) in [6.07, 6.45) is 2.85. The van der Waals surface area contributed by atoms with E-state index in [2.05, 4.69) is 23.7 Å². The SMILES string of the molecule is CN(N)SOc1cccc(N(C)CCCC2CN(C(=O)OC(C)(C)C)C(C)(C)C2)n1.S. The standard InChI is InChI=1S/C21H37N5O3S.H2S/c1-20(2,3)28-19(27)26-15-16(14-21(26,4)5)10-9-13-24(6)17-11-8-12-18(23-17)29-30-25(7)22;/h8,11-12,16H,9-10,13-15,22H2,1-7H3;1H2. The lowest BCUT2D eigenvalue weighted by Crippen LogP contribution is -2.45. The second kappa shape index (κ2) is 11.5. The fourth-order valence-corrected chi connectivity index (χ4v) is 4.00. The molecule has 1 amide bonds. The molecule has 10 heteroatoms. The van der Waals surface area contributed by atoms with Crippen molar-refractivity contribution in [2.45, 2.75) is 65.0 Å². The van der Waals surface area contributed by atoms with E-state index in [1.165, 1.54) is 4.41 Å². The number of rotatable bonds is 8. The molecule has 0 saturated carbocycles. The zero-order valence-electron chi connectivity index (χ0n) is 19.8. The monoisotopic (exact) mass is 473 g/mol. The van der Waals surface area contributed by atoms with Crippen LogP contribution in [-0.4, -0.2) is 58.7 Å². The number of aromatic nitrogens is 1. The average molecular weight is 474 g/mol. The molecule has 1 saturated heterocycles. The van der Waals surface area contributed by atoms with Gasteiger partial charge in [-0.3, -0.25) is 5.84 Å². The zero-order valence-corrected chi connectivity index (χ0v) is 21.7. The Balaban J connectivity index is 0.00000480. The molecule has 0 radical (unpaired) electrons. The molecule has 0 bridgehead atoms. The number of likely N-dealkylation sites (tertiary alicyclic amines) is 1. The van der Waals surface area contributed by atoms with Gasteiger partial charge >= 0.3 is 6.09 Å². The fraction of sp³-hybridized carbons (Fsp3) is 0.714.